The first kappa shape index (κ1) is 17.3. The summed E-state index contributed by atoms with van der Waals surface area (Å²) in [5.41, 5.74) is 0.711. The summed E-state index contributed by atoms with van der Waals surface area (Å²) in [4.78, 5) is 0.0114. The number of para-hydroxylation sites is 1. The molecule has 0 saturated heterocycles. The van der Waals surface area contributed by atoms with Crippen LogP contribution in [0.25, 0.3) is 11.0 Å². The van der Waals surface area contributed by atoms with Crippen LogP contribution in [0.5, 0.6) is 11.5 Å². The van der Waals surface area contributed by atoms with Crippen molar-refractivity contribution in [2.24, 2.45) is 0 Å². The van der Waals surface area contributed by atoms with Crippen LogP contribution < -0.4 is 14.2 Å². The summed E-state index contributed by atoms with van der Waals surface area (Å²) in [6.07, 6.45) is 0. The first-order chi connectivity index (χ1) is 11.9. The maximum atomic E-state index is 12.8. The number of rotatable bonds is 6. The largest absolute Gasteiger partial charge is 0.497 e. The molecule has 1 heterocycles. The van der Waals surface area contributed by atoms with Crippen LogP contribution in [0.3, 0.4) is 0 Å². The first-order valence-electron chi connectivity index (χ1n) is 7.67. The lowest BCUT2D eigenvalue weighted by atomic mass is 10.2. The summed E-state index contributed by atoms with van der Waals surface area (Å²) in [5, 5.41) is 0.919. The first-order valence-corrected chi connectivity index (χ1v) is 9.16. The summed E-state index contributed by atoms with van der Waals surface area (Å²) >= 11 is 0. The minimum absolute atomic E-state index is 0.0114. The molecule has 1 N–H and O–H groups in total. The fourth-order valence-corrected chi connectivity index (χ4v) is 3.96. The van der Waals surface area contributed by atoms with Gasteiger partial charge in [-0.05, 0) is 31.2 Å². The average molecular weight is 361 g/mol. The van der Waals surface area contributed by atoms with Gasteiger partial charge in [0.2, 0.25) is 10.0 Å². The molecule has 6 nitrogen and oxygen atoms in total. The number of hydrogen-bond acceptors (Lipinski definition) is 5. The fraction of sp³-hybridized carbons (Fsp3) is 0.222. The third-order valence-corrected chi connectivity index (χ3v) is 5.43. The summed E-state index contributed by atoms with van der Waals surface area (Å²) in [6, 6.07) is 13.4. The highest BCUT2D eigenvalue weighted by Gasteiger charge is 2.24. The van der Waals surface area contributed by atoms with Crippen LogP contribution in [-0.4, -0.2) is 22.6 Å². The van der Waals surface area contributed by atoms with Gasteiger partial charge in [-0.1, -0.05) is 18.2 Å². The SMILES string of the molecule is COc1ccc(OC)c(S(=O)(=O)NC(C)c2cc3ccccc3o2)c1. The zero-order chi connectivity index (χ0) is 18.0. The maximum absolute atomic E-state index is 12.8. The second kappa shape index (κ2) is 6.78. The highest BCUT2D eigenvalue weighted by atomic mass is 32.2. The van der Waals surface area contributed by atoms with Crippen LogP contribution in [0.1, 0.15) is 18.7 Å². The Balaban J connectivity index is 1.92. The van der Waals surface area contributed by atoms with Crippen molar-refractivity contribution < 1.29 is 22.3 Å². The molecule has 1 aromatic heterocycles. The number of sulfonamides is 1. The third-order valence-electron chi connectivity index (χ3n) is 3.86. The number of ether oxygens (including phenoxy) is 2. The van der Waals surface area contributed by atoms with Crippen LogP contribution in [0.4, 0.5) is 0 Å². The van der Waals surface area contributed by atoms with E-state index in [1.807, 2.05) is 30.3 Å². The van der Waals surface area contributed by atoms with Crippen molar-refractivity contribution >= 4 is 21.0 Å². The summed E-state index contributed by atoms with van der Waals surface area (Å²) in [6.45, 7) is 1.72. The highest BCUT2D eigenvalue weighted by molar-refractivity contribution is 7.89. The van der Waals surface area contributed by atoms with Crippen LogP contribution in [0, 0.1) is 0 Å². The minimum Gasteiger partial charge on any atom is -0.497 e. The van der Waals surface area contributed by atoms with Gasteiger partial charge >= 0.3 is 0 Å². The Hall–Kier alpha value is -2.51. The Bertz CT molecular complexity index is 961. The summed E-state index contributed by atoms with van der Waals surface area (Å²) in [7, 11) is -0.940. The van der Waals surface area contributed by atoms with E-state index >= 15 is 0 Å². The van der Waals surface area contributed by atoms with Gasteiger partial charge < -0.3 is 13.9 Å². The molecule has 3 aromatic rings. The maximum Gasteiger partial charge on any atom is 0.245 e. The molecule has 0 aliphatic carbocycles. The molecular formula is C18H19NO5S. The molecule has 2 aromatic carbocycles. The van der Waals surface area contributed by atoms with Crippen molar-refractivity contribution in [3.63, 3.8) is 0 Å². The van der Waals surface area contributed by atoms with Gasteiger partial charge in [0.05, 0.1) is 20.3 Å². The standard InChI is InChI=1S/C18H19NO5S/c1-12(17-10-13-6-4-5-7-15(13)24-17)19-25(20,21)18-11-14(22-2)8-9-16(18)23-3/h4-12,19H,1-3H3. The molecule has 132 valence electrons. The van der Waals surface area contributed by atoms with Crippen molar-refractivity contribution in [3.05, 3.63) is 54.3 Å². The molecule has 25 heavy (non-hydrogen) atoms. The Kier molecular flexibility index (Phi) is 4.69. The van der Waals surface area contributed by atoms with E-state index in [2.05, 4.69) is 4.72 Å². The molecule has 7 heteroatoms. The van der Waals surface area contributed by atoms with E-state index < -0.39 is 16.1 Å². The van der Waals surface area contributed by atoms with Gasteiger partial charge in [0.1, 0.15) is 27.7 Å². The number of furan rings is 1. The number of methoxy groups -OCH3 is 2. The third kappa shape index (κ3) is 3.47. The Labute approximate surface area is 146 Å². The lowest BCUT2D eigenvalue weighted by molar-refractivity contribution is 0.391. The predicted molar refractivity (Wildman–Crippen MR) is 94.5 cm³/mol. The molecule has 0 fully saturated rings. The molecule has 1 unspecified atom stereocenters. The van der Waals surface area contributed by atoms with Gasteiger partial charge in [-0.3, -0.25) is 0 Å². The second-order valence-corrected chi connectivity index (χ2v) is 7.23. The number of nitrogens with one attached hydrogen (secondary N) is 1. The van der Waals surface area contributed by atoms with Crippen LogP contribution in [-0.2, 0) is 10.0 Å². The van der Waals surface area contributed by atoms with E-state index in [4.69, 9.17) is 13.9 Å². The molecule has 1 atom stereocenters. The molecule has 0 bridgehead atoms. The zero-order valence-corrected chi connectivity index (χ0v) is 15.0. The lowest BCUT2D eigenvalue weighted by Crippen LogP contribution is -2.27. The van der Waals surface area contributed by atoms with Crippen LogP contribution in [0.2, 0.25) is 0 Å². The quantitative estimate of drug-likeness (QED) is 0.727. The molecule has 3 rings (SSSR count). The van der Waals surface area contributed by atoms with E-state index in [1.165, 1.54) is 20.3 Å². The van der Waals surface area contributed by atoms with Gasteiger partial charge in [0.25, 0.3) is 0 Å². The van der Waals surface area contributed by atoms with Crippen LogP contribution >= 0.6 is 0 Å². The van der Waals surface area contributed by atoms with E-state index in [1.54, 1.807) is 19.1 Å². The van der Waals surface area contributed by atoms with Crippen molar-refractivity contribution in [1.29, 1.82) is 0 Å². The molecule has 0 spiro atoms. The molecule has 0 amide bonds. The van der Waals surface area contributed by atoms with E-state index in [-0.39, 0.29) is 10.6 Å². The number of fused-ring (bicyclic) bond motifs is 1. The predicted octanol–water partition coefficient (Wildman–Crippen LogP) is 3.49. The van der Waals surface area contributed by atoms with E-state index in [9.17, 15) is 8.42 Å². The lowest BCUT2D eigenvalue weighted by Gasteiger charge is -2.15. The Morgan fingerprint density at radius 1 is 1.04 bits per heavy atom. The van der Waals surface area contributed by atoms with Crippen molar-refractivity contribution in [2.75, 3.05) is 14.2 Å². The minimum atomic E-state index is -3.84. The molecular weight excluding hydrogens is 342 g/mol. The number of benzene rings is 2. The van der Waals surface area contributed by atoms with Crippen molar-refractivity contribution in [2.45, 2.75) is 17.9 Å². The zero-order valence-electron chi connectivity index (χ0n) is 14.1. The van der Waals surface area contributed by atoms with Gasteiger partial charge in [-0.15, -0.1) is 0 Å². The number of hydrogen-bond donors (Lipinski definition) is 1. The highest BCUT2D eigenvalue weighted by Crippen LogP contribution is 2.30. The van der Waals surface area contributed by atoms with Gasteiger partial charge in [0, 0.05) is 11.5 Å². The summed E-state index contributed by atoms with van der Waals surface area (Å²) in [5.74, 6) is 1.20. The topological polar surface area (TPSA) is 77.8 Å². The van der Waals surface area contributed by atoms with E-state index in [0.717, 1.165) is 5.39 Å². The average Bonchev–Trinajstić information content (AvgIpc) is 3.05. The van der Waals surface area contributed by atoms with Gasteiger partial charge in [-0.25, -0.2) is 13.1 Å². The monoisotopic (exact) mass is 361 g/mol. The molecule has 0 saturated carbocycles. The normalized spacial score (nSPS) is 12.9. The van der Waals surface area contributed by atoms with Gasteiger partial charge in [-0.2, -0.15) is 0 Å². The van der Waals surface area contributed by atoms with E-state index in [0.29, 0.717) is 17.1 Å². The second-order valence-electron chi connectivity index (χ2n) is 5.55. The van der Waals surface area contributed by atoms with Crippen molar-refractivity contribution in [3.8, 4) is 11.5 Å². The fourth-order valence-electron chi connectivity index (χ4n) is 2.56. The van der Waals surface area contributed by atoms with Gasteiger partial charge in [0.15, 0.2) is 0 Å². The summed E-state index contributed by atoms with van der Waals surface area (Å²) < 4.78 is 44.2. The van der Waals surface area contributed by atoms with Crippen LogP contribution in [0.15, 0.2) is 57.8 Å². The molecule has 0 radical (unpaired) electrons. The van der Waals surface area contributed by atoms with Crippen molar-refractivity contribution in [1.82, 2.24) is 4.72 Å². The Morgan fingerprint density at radius 3 is 2.48 bits per heavy atom. The Morgan fingerprint density at radius 2 is 1.80 bits per heavy atom. The smallest absolute Gasteiger partial charge is 0.245 e. The molecule has 0 aliphatic heterocycles. The molecule has 0 aliphatic rings.